The highest BCUT2D eigenvalue weighted by Gasteiger charge is 2.20. The Balaban J connectivity index is 1.70. The van der Waals surface area contributed by atoms with E-state index in [1.165, 1.54) is 12.3 Å². The van der Waals surface area contributed by atoms with Crippen LogP contribution < -0.4 is 4.74 Å². The minimum absolute atomic E-state index is 0.276. The van der Waals surface area contributed by atoms with E-state index in [1.807, 2.05) is 26.0 Å². The number of ether oxygens (including phenoxy) is 2. The summed E-state index contributed by atoms with van der Waals surface area (Å²) in [4.78, 5) is 15.8. The summed E-state index contributed by atoms with van der Waals surface area (Å²) in [5.74, 6) is -0.217. The fourth-order valence-electron chi connectivity index (χ4n) is 3.24. The monoisotopic (exact) mass is 427 g/mol. The third kappa shape index (κ3) is 5.49. The van der Waals surface area contributed by atoms with Gasteiger partial charge >= 0.3 is 5.97 Å². The van der Waals surface area contributed by atoms with Gasteiger partial charge in [0.25, 0.3) is 0 Å². The maximum atomic E-state index is 13.5. The van der Waals surface area contributed by atoms with Crippen molar-refractivity contribution in [2.24, 2.45) is 0 Å². The zero-order valence-corrected chi connectivity index (χ0v) is 18.0. The van der Waals surface area contributed by atoms with E-state index in [-0.39, 0.29) is 18.3 Å². The van der Waals surface area contributed by atoms with Gasteiger partial charge < -0.3 is 19.0 Å². The molecule has 0 aliphatic rings. The molecule has 164 valence electrons. The second kappa shape index (κ2) is 9.75. The molecule has 3 aromatic rings. The lowest BCUT2D eigenvalue weighted by Crippen LogP contribution is -2.26. The van der Waals surface area contributed by atoms with E-state index >= 15 is 0 Å². The number of carboxylic acid groups (broad SMARTS) is 1. The number of benzene rings is 2. The molecule has 3 rings (SSSR count). The Bertz CT molecular complexity index is 1060. The molecule has 0 bridgehead atoms. The van der Waals surface area contributed by atoms with Gasteiger partial charge in [-0.25, -0.2) is 14.2 Å². The molecule has 0 radical (unpaired) electrons. The highest BCUT2D eigenvalue weighted by molar-refractivity contribution is 5.72. The average molecular weight is 427 g/mol. The van der Waals surface area contributed by atoms with Crippen LogP contribution in [-0.4, -0.2) is 28.8 Å². The molecule has 0 aliphatic carbocycles. The van der Waals surface area contributed by atoms with Gasteiger partial charge in [-0.05, 0) is 74.7 Å². The minimum atomic E-state index is -0.978. The molecule has 1 N–H and O–H groups in total. The second-order valence-electron chi connectivity index (χ2n) is 7.38. The zero-order chi connectivity index (χ0) is 22.5. The summed E-state index contributed by atoms with van der Waals surface area (Å²) in [5, 5.41) is 9.29. The number of hydrogen-bond acceptors (Lipinski definition) is 5. The van der Waals surface area contributed by atoms with Gasteiger partial charge in [0.1, 0.15) is 29.6 Å². The van der Waals surface area contributed by atoms with Crippen molar-refractivity contribution < 1.29 is 28.2 Å². The summed E-state index contributed by atoms with van der Waals surface area (Å²) in [6.45, 7) is 7.56. The van der Waals surface area contributed by atoms with Gasteiger partial charge in [0.2, 0.25) is 5.89 Å². The van der Waals surface area contributed by atoms with Crippen molar-refractivity contribution in [3.05, 3.63) is 70.9 Å². The van der Waals surface area contributed by atoms with Crippen molar-refractivity contribution in [2.75, 3.05) is 6.61 Å². The number of hydrogen-bond donors (Lipinski definition) is 1. The summed E-state index contributed by atoms with van der Waals surface area (Å²) >= 11 is 0. The maximum absolute atomic E-state index is 13.5. The standard InChI is InChI=1S/C24H26FNO5/c1-5-29-22(24(27)28)12-17-6-8-19(11-14(17)2)31-16(4)21-13-30-23(26-21)18-7-9-20(25)15(3)10-18/h6-11,13,16,22H,5,12H2,1-4H3,(H,27,28)/t16-,22-/m0/s1. The fourth-order valence-corrected chi connectivity index (χ4v) is 3.24. The first-order valence-electron chi connectivity index (χ1n) is 10.1. The molecule has 0 aliphatic heterocycles. The van der Waals surface area contributed by atoms with Crippen molar-refractivity contribution in [1.82, 2.24) is 4.98 Å². The van der Waals surface area contributed by atoms with Crippen LogP contribution in [-0.2, 0) is 16.0 Å². The number of aliphatic carboxylic acids is 1. The predicted molar refractivity (Wildman–Crippen MR) is 114 cm³/mol. The summed E-state index contributed by atoms with van der Waals surface area (Å²) < 4.78 is 30.3. The topological polar surface area (TPSA) is 81.8 Å². The number of aryl methyl sites for hydroxylation is 2. The van der Waals surface area contributed by atoms with Crippen LogP contribution >= 0.6 is 0 Å². The van der Waals surface area contributed by atoms with E-state index in [2.05, 4.69) is 4.98 Å². The van der Waals surface area contributed by atoms with E-state index in [1.54, 1.807) is 32.0 Å². The number of halogens is 1. The van der Waals surface area contributed by atoms with Crippen LogP contribution in [0.25, 0.3) is 11.5 Å². The number of carboxylic acids is 1. The number of rotatable bonds is 9. The summed E-state index contributed by atoms with van der Waals surface area (Å²) in [6, 6.07) is 10.2. The molecular weight excluding hydrogens is 401 g/mol. The van der Waals surface area contributed by atoms with Crippen LogP contribution in [0.5, 0.6) is 5.75 Å². The smallest absolute Gasteiger partial charge is 0.333 e. The molecule has 2 aromatic carbocycles. The van der Waals surface area contributed by atoms with Gasteiger partial charge in [-0.1, -0.05) is 6.07 Å². The first-order chi connectivity index (χ1) is 14.8. The van der Waals surface area contributed by atoms with Crippen LogP contribution in [0.2, 0.25) is 0 Å². The summed E-state index contributed by atoms with van der Waals surface area (Å²) in [6.07, 6.45) is 0.561. The first kappa shape index (κ1) is 22.5. The molecule has 0 fully saturated rings. The van der Waals surface area contributed by atoms with Crippen LogP contribution in [0.15, 0.2) is 47.1 Å². The summed E-state index contributed by atoms with van der Waals surface area (Å²) in [7, 11) is 0. The highest BCUT2D eigenvalue weighted by Crippen LogP contribution is 2.27. The van der Waals surface area contributed by atoms with Gasteiger partial charge in [-0.3, -0.25) is 0 Å². The third-order valence-corrected chi connectivity index (χ3v) is 5.02. The molecule has 0 spiro atoms. The van der Waals surface area contributed by atoms with Gasteiger partial charge in [-0.15, -0.1) is 0 Å². The Hall–Kier alpha value is -3.19. The van der Waals surface area contributed by atoms with Crippen LogP contribution in [0.3, 0.4) is 0 Å². The molecule has 0 unspecified atom stereocenters. The molecule has 6 nitrogen and oxygen atoms in total. The first-order valence-corrected chi connectivity index (χ1v) is 10.1. The van der Waals surface area contributed by atoms with Crippen LogP contribution in [0, 0.1) is 19.7 Å². The van der Waals surface area contributed by atoms with Crippen molar-refractivity contribution >= 4 is 5.97 Å². The Labute approximate surface area is 180 Å². The fraction of sp³-hybridized carbons (Fsp3) is 0.333. The van der Waals surface area contributed by atoms with E-state index in [4.69, 9.17) is 13.9 Å². The van der Waals surface area contributed by atoms with E-state index in [0.717, 1.165) is 11.1 Å². The van der Waals surface area contributed by atoms with E-state index < -0.39 is 12.1 Å². The molecule has 0 saturated carbocycles. The highest BCUT2D eigenvalue weighted by atomic mass is 19.1. The van der Waals surface area contributed by atoms with Crippen molar-refractivity contribution in [3.8, 4) is 17.2 Å². The molecule has 0 amide bonds. The molecule has 1 aromatic heterocycles. The number of aromatic nitrogens is 1. The Morgan fingerprint density at radius 1 is 1.19 bits per heavy atom. The molecule has 2 atom stereocenters. The quantitative estimate of drug-likeness (QED) is 0.501. The van der Waals surface area contributed by atoms with E-state index in [9.17, 15) is 14.3 Å². The van der Waals surface area contributed by atoms with Crippen LogP contribution in [0.1, 0.15) is 42.3 Å². The van der Waals surface area contributed by atoms with Gasteiger partial charge in [0.15, 0.2) is 6.10 Å². The lowest BCUT2D eigenvalue weighted by Gasteiger charge is -2.16. The normalized spacial score (nSPS) is 13.1. The molecule has 7 heteroatoms. The van der Waals surface area contributed by atoms with Crippen molar-refractivity contribution in [1.29, 1.82) is 0 Å². The minimum Gasteiger partial charge on any atom is -0.484 e. The Morgan fingerprint density at radius 2 is 1.97 bits per heavy atom. The van der Waals surface area contributed by atoms with Crippen LogP contribution in [0.4, 0.5) is 4.39 Å². The zero-order valence-electron chi connectivity index (χ0n) is 18.0. The third-order valence-electron chi connectivity index (χ3n) is 5.02. The number of carbonyl (C=O) groups is 1. The van der Waals surface area contributed by atoms with Gasteiger partial charge in [0, 0.05) is 18.6 Å². The molecule has 31 heavy (non-hydrogen) atoms. The number of nitrogens with zero attached hydrogens (tertiary/aromatic N) is 1. The maximum Gasteiger partial charge on any atom is 0.333 e. The Morgan fingerprint density at radius 3 is 2.61 bits per heavy atom. The average Bonchev–Trinajstić information content (AvgIpc) is 3.22. The largest absolute Gasteiger partial charge is 0.484 e. The van der Waals surface area contributed by atoms with Gasteiger partial charge in [-0.2, -0.15) is 0 Å². The SMILES string of the molecule is CCO[C@@H](Cc1ccc(O[C@@H](C)c2coc(-c3ccc(F)c(C)c3)n2)cc1C)C(=O)O. The lowest BCUT2D eigenvalue weighted by molar-refractivity contribution is -0.149. The number of oxazole rings is 1. The summed E-state index contributed by atoms with van der Waals surface area (Å²) in [5.41, 5.74) is 3.63. The molecule has 0 saturated heterocycles. The van der Waals surface area contributed by atoms with Crippen molar-refractivity contribution in [3.63, 3.8) is 0 Å². The Kier molecular flexibility index (Phi) is 7.07. The van der Waals surface area contributed by atoms with Crippen molar-refractivity contribution in [2.45, 2.75) is 46.3 Å². The predicted octanol–water partition coefficient (Wildman–Crippen LogP) is 5.27. The lowest BCUT2D eigenvalue weighted by atomic mass is 10.0. The molecular formula is C24H26FNO5. The van der Waals surface area contributed by atoms with Gasteiger partial charge in [0.05, 0.1) is 0 Å². The molecule has 1 heterocycles. The second-order valence-corrected chi connectivity index (χ2v) is 7.38. The van der Waals surface area contributed by atoms with E-state index in [0.29, 0.717) is 35.1 Å².